The summed E-state index contributed by atoms with van der Waals surface area (Å²) in [5, 5.41) is 0. The van der Waals surface area contributed by atoms with Crippen LogP contribution in [0.15, 0.2) is 144 Å². The predicted octanol–water partition coefficient (Wildman–Crippen LogP) is 7.35. The summed E-state index contributed by atoms with van der Waals surface area (Å²) in [5.41, 5.74) is 3.06. The van der Waals surface area contributed by atoms with Crippen LogP contribution in [0.1, 0.15) is 48.9 Å². The molecule has 6 nitrogen and oxygen atoms in total. The Morgan fingerprint density at radius 1 is 0.523 bits per heavy atom. The Hall–Kier alpha value is -5.10. The summed E-state index contributed by atoms with van der Waals surface area (Å²) in [6, 6.07) is 39.5. The summed E-state index contributed by atoms with van der Waals surface area (Å²) in [4.78, 5) is 26.5. The van der Waals surface area contributed by atoms with Crippen molar-refractivity contribution in [1.82, 2.24) is 0 Å². The highest BCUT2D eigenvalue weighted by atomic mass is 16.6. The fourth-order valence-electron chi connectivity index (χ4n) is 6.15. The molecule has 2 aliphatic heterocycles. The lowest BCUT2D eigenvalue weighted by Crippen LogP contribution is -2.28. The molecule has 0 aliphatic carbocycles. The lowest BCUT2D eigenvalue weighted by Gasteiger charge is -2.31. The number of benzene rings is 4. The lowest BCUT2D eigenvalue weighted by atomic mass is 9.82. The predicted molar refractivity (Wildman–Crippen MR) is 166 cm³/mol. The van der Waals surface area contributed by atoms with Gasteiger partial charge in [0.1, 0.15) is 24.7 Å². The molecule has 6 heteroatoms. The van der Waals surface area contributed by atoms with E-state index < -0.39 is 23.1 Å². The van der Waals surface area contributed by atoms with Gasteiger partial charge in [0.15, 0.2) is 11.2 Å². The lowest BCUT2D eigenvalue weighted by molar-refractivity contribution is -0.147. The van der Waals surface area contributed by atoms with Crippen molar-refractivity contribution in [3.63, 3.8) is 0 Å². The van der Waals surface area contributed by atoms with Crippen LogP contribution in [0.3, 0.4) is 0 Å². The second-order valence-electron chi connectivity index (χ2n) is 11.0. The van der Waals surface area contributed by atoms with Gasteiger partial charge in [0.05, 0.1) is 11.1 Å². The minimum absolute atomic E-state index is 0.0826. The van der Waals surface area contributed by atoms with Gasteiger partial charge in [-0.1, -0.05) is 121 Å². The van der Waals surface area contributed by atoms with Crippen molar-refractivity contribution in [3.8, 4) is 0 Å². The first-order valence-electron chi connectivity index (χ1n) is 14.8. The molecular weight excluding hydrogens is 552 g/mol. The first-order valence-corrected chi connectivity index (χ1v) is 14.8. The molecule has 0 fully saturated rings. The number of rotatable bonds is 9. The fourth-order valence-corrected chi connectivity index (χ4v) is 6.15. The van der Waals surface area contributed by atoms with Gasteiger partial charge in [-0.05, 0) is 13.8 Å². The van der Waals surface area contributed by atoms with Gasteiger partial charge in [0, 0.05) is 35.1 Å². The Balaban J connectivity index is 1.09. The van der Waals surface area contributed by atoms with E-state index in [0.29, 0.717) is 35.5 Å². The van der Waals surface area contributed by atoms with Crippen molar-refractivity contribution >= 4 is 11.9 Å². The molecule has 4 aromatic rings. The van der Waals surface area contributed by atoms with Crippen molar-refractivity contribution < 1.29 is 28.5 Å². The van der Waals surface area contributed by atoms with Crippen LogP contribution >= 0.6 is 0 Å². The third kappa shape index (κ3) is 5.39. The minimum Gasteiger partial charge on any atom is -0.482 e. The topological polar surface area (TPSA) is 71.1 Å². The van der Waals surface area contributed by atoms with Gasteiger partial charge in [-0.2, -0.15) is 0 Å². The molecule has 2 aliphatic rings. The van der Waals surface area contributed by atoms with Gasteiger partial charge in [-0.3, -0.25) is 0 Å². The summed E-state index contributed by atoms with van der Waals surface area (Å²) in [6.07, 6.45) is 0.659. The van der Waals surface area contributed by atoms with E-state index in [9.17, 15) is 9.59 Å². The molecule has 0 saturated heterocycles. The van der Waals surface area contributed by atoms with E-state index in [-0.39, 0.29) is 13.2 Å². The molecule has 44 heavy (non-hydrogen) atoms. The van der Waals surface area contributed by atoms with Crippen LogP contribution in [0.2, 0.25) is 0 Å². The zero-order valence-corrected chi connectivity index (χ0v) is 24.8. The number of hydrogen-bond acceptors (Lipinski definition) is 6. The summed E-state index contributed by atoms with van der Waals surface area (Å²) < 4.78 is 24.0. The van der Waals surface area contributed by atoms with Crippen LogP contribution in [-0.4, -0.2) is 25.2 Å². The first kappa shape index (κ1) is 29.0. The van der Waals surface area contributed by atoms with Crippen LogP contribution in [0.25, 0.3) is 0 Å². The summed E-state index contributed by atoms with van der Waals surface area (Å²) >= 11 is 0. The smallest absolute Gasteiger partial charge is 0.337 e. The van der Waals surface area contributed by atoms with Gasteiger partial charge in [-0.25, -0.2) is 9.59 Å². The van der Waals surface area contributed by atoms with E-state index in [1.165, 1.54) is 0 Å². The van der Waals surface area contributed by atoms with E-state index in [1.807, 2.05) is 121 Å². The number of allylic oxidation sites excluding steroid dienone is 2. The van der Waals surface area contributed by atoms with Crippen LogP contribution in [0.5, 0.6) is 0 Å². The zero-order chi connectivity index (χ0) is 30.6. The minimum atomic E-state index is -0.829. The molecule has 0 radical (unpaired) electrons. The molecule has 6 rings (SSSR count). The third-order valence-electron chi connectivity index (χ3n) is 8.36. The second-order valence-corrected chi connectivity index (χ2v) is 11.0. The Morgan fingerprint density at radius 3 is 1.07 bits per heavy atom. The first-order chi connectivity index (χ1) is 21.4. The maximum Gasteiger partial charge on any atom is 0.337 e. The Kier molecular flexibility index (Phi) is 8.07. The number of esters is 2. The quantitative estimate of drug-likeness (QED) is 0.151. The molecular formula is C38H34O6. The monoisotopic (exact) mass is 586 g/mol. The molecule has 0 N–H and O–H groups in total. The van der Waals surface area contributed by atoms with Crippen LogP contribution in [-0.2, 0) is 39.7 Å². The van der Waals surface area contributed by atoms with E-state index in [4.69, 9.17) is 18.9 Å². The van der Waals surface area contributed by atoms with Gasteiger partial charge < -0.3 is 18.9 Å². The maximum absolute atomic E-state index is 13.2. The molecule has 0 bridgehead atoms. The molecule has 0 saturated carbocycles. The Morgan fingerprint density at radius 2 is 0.795 bits per heavy atom. The SMILES string of the molecule is CC1=C(C(=O)OCCOC(=O)C2=C(C)OC(c3ccccc3)(c3ccccc3)C2)CC(c2ccccc2)(c2ccccc2)O1. The maximum atomic E-state index is 13.2. The Bertz CT molecular complexity index is 1480. The van der Waals surface area contributed by atoms with Gasteiger partial charge in [0.2, 0.25) is 0 Å². The molecule has 0 atom stereocenters. The Labute approximate surface area is 257 Å². The van der Waals surface area contributed by atoms with Crippen LogP contribution < -0.4 is 0 Å². The van der Waals surface area contributed by atoms with Crippen LogP contribution in [0.4, 0.5) is 0 Å². The van der Waals surface area contributed by atoms with Crippen LogP contribution in [0, 0.1) is 0 Å². The van der Waals surface area contributed by atoms with Crippen molar-refractivity contribution in [2.24, 2.45) is 0 Å². The highest BCUT2D eigenvalue weighted by Gasteiger charge is 2.46. The van der Waals surface area contributed by atoms with E-state index in [1.54, 1.807) is 13.8 Å². The average Bonchev–Trinajstić information content (AvgIpc) is 3.63. The molecule has 0 aromatic heterocycles. The molecule has 0 unspecified atom stereocenters. The highest BCUT2D eigenvalue weighted by molar-refractivity contribution is 5.91. The highest BCUT2D eigenvalue weighted by Crippen LogP contribution is 2.48. The average molecular weight is 587 g/mol. The largest absolute Gasteiger partial charge is 0.482 e. The van der Waals surface area contributed by atoms with E-state index in [2.05, 4.69) is 0 Å². The number of hydrogen-bond donors (Lipinski definition) is 0. The second kappa shape index (κ2) is 12.3. The molecule has 0 spiro atoms. The summed E-state index contributed by atoms with van der Waals surface area (Å²) in [6.45, 7) is 3.40. The van der Waals surface area contributed by atoms with Gasteiger partial charge >= 0.3 is 11.9 Å². The van der Waals surface area contributed by atoms with Crippen molar-refractivity contribution in [1.29, 1.82) is 0 Å². The van der Waals surface area contributed by atoms with Crippen molar-refractivity contribution in [2.45, 2.75) is 37.9 Å². The molecule has 222 valence electrons. The molecule has 2 heterocycles. The molecule has 4 aromatic carbocycles. The molecule has 0 amide bonds. The van der Waals surface area contributed by atoms with Crippen molar-refractivity contribution in [2.75, 3.05) is 13.2 Å². The number of ether oxygens (including phenoxy) is 4. The third-order valence-corrected chi connectivity index (χ3v) is 8.36. The number of carbonyl (C=O) groups is 2. The van der Waals surface area contributed by atoms with Crippen molar-refractivity contribution in [3.05, 3.63) is 166 Å². The van der Waals surface area contributed by atoms with E-state index in [0.717, 1.165) is 22.3 Å². The van der Waals surface area contributed by atoms with Gasteiger partial charge in [0.25, 0.3) is 0 Å². The summed E-state index contributed by atoms with van der Waals surface area (Å²) in [5.74, 6) is 0.0570. The standard InChI is InChI=1S/C38H34O6/c1-27-33(25-37(43-27,29-15-7-3-8-16-29)30-17-9-4-10-18-30)35(39)41-23-24-42-36(40)34-26-38(44-28(34)2,31-19-11-5-12-20-31)32-21-13-6-14-22-32/h3-22H,23-26H2,1-2H3. The van der Waals surface area contributed by atoms with E-state index >= 15 is 0 Å². The van der Waals surface area contributed by atoms with Gasteiger partial charge in [-0.15, -0.1) is 0 Å². The normalized spacial score (nSPS) is 16.7. The fraction of sp³-hybridized carbons (Fsp3) is 0.211. The zero-order valence-electron chi connectivity index (χ0n) is 24.8. The number of carbonyl (C=O) groups excluding carboxylic acids is 2. The summed E-state index contributed by atoms with van der Waals surface area (Å²) in [7, 11) is 0.